The number of rotatable bonds is 1. The highest BCUT2D eigenvalue weighted by Gasteiger charge is 2.34. The lowest BCUT2D eigenvalue weighted by Gasteiger charge is -2.17. The quantitative estimate of drug-likeness (QED) is 0.533. The van der Waals surface area contributed by atoms with E-state index in [0.29, 0.717) is 6.42 Å². The lowest BCUT2D eigenvalue weighted by Crippen LogP contribution is -2.42. The number of carbonyl (C=O) groups is 2. The van der Waals surface area contributed by atoms with Crippen LogP contribution in [-0.2, 0) is 4.79 Å². The Kier molecular flexibility index (Phi) is 2.03. The number of carbonyl (C=O) groups excluding carboxylic acids is 1. The summed E-state index contributed by atoms with van der Waals surface area (Å²) in [6.07, 6.45) is -0.779. The van der Waals surface area contributed by atoms with Gasteiger partial charge < -0.3 is 10.8 Å². The largest absolute Gasteiger partial charge is 0.465 e. The second-order valence-corrected chi connectivity index (χ2v) is 2.78. The molecule has 0 aromatic heterocycles. The molecule has 0 aromatic rings. The highest BCUT2D eigenvalue weighted by Crippen LogP contribution is 2.20. The van der Waals surface area contributed by atoms with Crippen LogP contribution in [0.25, 0.3) is 0 Å². The summed E-state index contributed by atoms with van der Waals surface area (Å²) in [7, 11) is 0. The van der Waals surface area contributed by atoms with Crippen LogP contribution in [-0.4, -0.2) is 34.6 Å². The van der Waals surface area contributed by atoms with E-state index in [1.165, 1.54) is 0 Å². The minimum absolute atomic E-state index is 0.211. The van der Waals surface area contributed by atoms with Crippen LogP contribution >= 0.6 is 0 Å². The van der Waals surface area contributed by atoms with E-state index in [9.17, 15) is 9.59 Å². The minimum atomic E-state index is -1.13. The molecule has 1 fully saturated rings. The number of likely N-dealkylation sites (tertiary alicyclic amines) is 1. The summed E-state index contributed by atoms with van der Waals surface area (Å²) in [5, 5.41) is 8.63. The highest BCUT2D eigenvalue weighted by atomic mass is 16.4. The van der Waals surface area contributed by atoms with Crippen LogP contribution in [0, 0.1) is 0 Å². The van der Waals surface area contributed by atoms with E-state index in [1.54, 1.807) is 0 Å². The predicted molar refractivity (Wildman–Crippen MR) is 41.5 cm³/mol. The van der Waals surface area contributed by atoms with Crippen molar-refractivity contribution in [1.82, 2.24) is 4.90 Å². The maximum Gasteiger partial charge on any atom is 0.408 e. The number of hydrogen-bond donors (Lipinski definition) is 2. The van der Waals surface area contributed by atoms with Crippen molar-refractivity contribution in [3.63, 3.8) is 0 Å². The Bertz CT molecular complexity index is 225. The smallest absolute Gasteiger partial charge is 0.408 e. The van der Waals surface area contributed by atoms with Crippen molar-refractivity contribution in [2.45, 2.75) is 12.5 Å². The van der Waals surface area contributed by atoms with Crippen molar-refractivity contribution >= 4 is 12.0 Å². The maximum atomic E-state index is 10.7. The summed E-state index contributed by atoms with van der Waals surface area (Å²) in [4.78, 5) is 22.3. The third-order valence-electron chi connectivity index (χ3n) is 1.83. The molecule has 0 unspecified atom stereocenters. The number of primary amides is 1. The number of amides is 2. The van der Waals surface area contributed by atoms with Gasteiger partial charge in [0.15, 0.2) is 0 Å². The molecule has 0 bridgehead atoms. The molecule has 0 spiro atoms. The number of hydrogen-bond acceptors (Lipinski definition) is 2. The Labute approximate surface area is 69.5 Å². The van der Waals surface area contributed by atoms with E-state index < -0.39 is 18.0 Å². The topological polar surface area (TPSA) is 83.6 Å². The van der Waals surface area contributed by atoms with Crippen LogP contribution in [0.4, 0.5) is 4.79 Å². The van der Waals surface area contributed by atoms with E-state index in [2.05, 4.69) is 6.58 Å². The summed E-state index contributed by atoms with van der Waals surface area (Å²) in [6.45, 7) is 3.82. The van der Waals surface area contributed by atoms with Crippen molar-refractivity contribution in [3.05, 3.63) is 12.2 Å². The first-order valence-corrected chi connectivity index (χ1v) is 3.48. The van der Waals surface area contributed by atoms with Crippen LogP contribution < -0.4 is 5.73 Å². The molecule has 1 heterocycles. The zero-order valence-electron chi connectivity index (χ0n) is 6.49. The molecule has 0 aliphatic carbocycles. The Morgan fingerprint density at radius 2 is 2.25 bits per heavy atom. The predicted octanol–water partition coefficient (Wildman–Crippen LogP) is -0.220. The third-order valence-corrected chi connectivity index (χ3v) is 1.83. The van der Waals surface area contributed by atoms with Crippen molar-refractivity contribution in [1.29, 1.82) is 0 Å². The fraction of sp³-hybridized carbons (Fsp3) is 0.429. The second kappa shape index (κ2) is 2.84. The molecule has 5 heteroatoms. The Hall–Kier alpha value is -1.52. The molecule has 1 rings (SSSR count). The molecular weight excluding hydrogens is 160 g/mol. The third kappa shape index (κ3) is 1.39. The minimum Gasteiger partial charge on any atom is -0.465 e. The number of carboxylic acid groups (broad SMARTS) is 1. The van der Waals surface area contributed by atoms with E-state index in [-0.39, 0.29) is 6.54 Å². The van der Waals surface area contributed by atoms with Gasteiger partial charge in [-0.15, -0.1) is 0 Å². The van der Waals surface area contributed by atoms with Gasteiger partial charge in [-0.2, -0.15) is 0 Å². The molecule has 1 aliphatic heterocycles. The van der Waals surface area contributed by atoms with Crippen LogP contribution in [0.5, 0.6) is 0 Å². The first-order valence-electron chi connectivity index (χ1n) is 3.48. The molecule has 5 nitrogen and oxygen atoms in total. The van der Waals surface area contributed by atoms with Gasteiger partial charge in [0.05, 0.1) is 0 Å². The lowest BCUT2D eigenvalue weighted by molar-refractivity contribution is -0.121. The molecule has 0 saturated carbocycles. The first kappa shape index (κ1) is 8.58. The van der Waals surface area contributed by atoms with Crippen LogP contribution in [0.15, 0.2) is 12.2 Å². The van der Waals surface area contributed by atoms with Crippen molar-refractivity contribution in [3.8, 4) is 0 Å². The fourth-order valence-electron chi connectivity index (χ4n) is 1.25. The second-order valence-electron chi connectivity index (χ2n) is 2.78. The number of nitrogens with two attached hydrogens (primary N) is 1. The van der Waals surface area contributed by atoms with Gasteiger partial charge >= 0.3 is 6.09 Å². The summed E-state index contributed by atoms with van der Waals surface area (Å²) < 4.78 is 0. The average Bonchev–Trinajstić information content (AvgIpc) is 2.31. The number of nitrogens with zero attached hydrogens (tertiary/aromatic N) is 1. The van der Waals surface area contributed by atoms with Gasteiger partial charge in [0, 0.05) is 6.54 Å². The fourth-order valence-corrected chi connectivity index (χ4v) is 1.25. The van der Waals surface area contributed by atoms with Gasteiger partial charge in [0.25, 0.3) is 0 Å². The van der Waals surface area contributed by atoms with Gasteiger partial charge in [0.2, 0.25) is 5.91 Å². The van der Waals surface area contributed by atoms with Gasteiger partial charge in [-0.05, 0) is 6.42 Å². The zero-order chi connectivity index (χ0) is 9.30. The van der Waals surface area contributed by atoms with E-state index in [1.807, 2.05) is 0 Å². The molecular formula is C7H10N2O3. The molecule has 2 amide bonds. The average molecular weight is 170 g/mol. The molecule has 0 aromatic carbocycles. The van der Waals surface area contributed by atoms with Gasteiger partial charge in [-0.25, -0.2) is 4.79 Å². The summed E-state index contributed by atoms with van der Waals surface area (Å²) in [5.74, 6) is -0.615. The molecule has 0 radical (unpaired) electrons. The van der Waals surface area contributed by atoms with E-state index >= 15 is 0 Å². The molecule has 3 N–H and O–H groups in total. The zero-order valence-corrected chi connectivity index (χ0v) is 6.49. The van der Waals surface area contributed by atoms with Crippen LogP contribution in [0.2, 0.25) is 0 Å². The monoisotopic (exact) mass is 170 g/mol. The normalized spacial score (nSPS) is 22.8. The molecule has 1 aliphatic rings. The van der Waals surface area contributed by atoms with E-state index in [0.717, 1.165) is 10.5 Å². The first-order chi connectivity index (χ1) is 5.52. The summed E-state index contributed by atoms with van der Waals surface area (Å²) >= 11 is 0. The highest BCUT2D eigenvalue weighted by molar-refractivity contribution is 5.85. The van der Waals surface area contributed by atoms with Crippen LogP contribution in [0.1, 0.15) is 6.42 Å². The Morgan fingerprint density at radius 3 is 2.58 bits per heavy atom. The Morgan fingerprint density at radius 1 is 1.67 bits per heavy atom. The molecule has 1 saturated heterocycles. The standard InChI is InChI=1S/C7H10N2O3/c1-4-2-5(6(8)10)9(3-4)7(11)12/h5H,1-3H2,(H2,8,10)(H,11,12)/t5-/m0/s1. The van der Waals surface area contributed by atoms with Crippen molar-refractivity contribution < 1.29 is 14.7 Å². The lowest BCUT2D eigenvalue weighted by atomic mass is 10.2. The van der Waals surface area contributed by atoms with Gasteiger partial charge in [-0.1, -0.05) is 12.2 Å². The molecule has 12 heavy (non-hydrogen) atoms. The van der Waals surface area contributed by atoms with Crippen molar-refractivity contribution in [2.24, 2.45) is 5.73 Å². The molecule has 1 atom stereocenters. The van der Waals surface area contributed by atoms with Gasteiger partial charge in [-0.3, -0.25) is 9.69 Å². The SMILES string of the molecule is C=C1C[C@@H](C(N)=O)N(C(=O)O)C1. The molecule has 66 valence electrons. The van der Waals surface area contributed by atoms with Crippen LogP contribution in [0.3, 0.4) is 0 Å². The summed E-state index contributed by atoms with van der Waals surface area (Å²) in [5.41, 5.74) is 5.73. The van der Waals surface area contributed by atoms with E-state index in [4.69, 9.17) is 10.8 Å². The van der Waals surface area contributed by atoms with Crippen molar-refractivity contribution in [2.75, 3.05) is 6.54 Å². The Balaban J connectivity index is 2.79. The van der Waals surface area contributed by atoms with Gasteiger partial charge in [0.1, 0.15) is 6.04 Å². The summed E-state index contributed by atoms with van der Waals surface area (Å²) in [6, 6.07) is -0.727. The maximum absolute atomic E-state index is 10.7.